The van der Waals surface area contributed by atoms with E-state index in [4.69, 9.17) is 5.73 Å². The molecule has 2 heterocycles. The quantitative estimate of drug-likeness (QED) is 0.787. The van der Waals surface area contributed by atoms with Gasteiger partial charge in [-0.15, -0.1) is 0 Å². The van der Waals surface area contributed by atoms with E-state index in [9.17, 15) is 0 Å². The van der Waals surface area contributed by atoms with Crippen LogP contribution in [0.2, 0.25) is 0 Å². The van der Waals surface area contributed by atoms with Crippen LogP contribution in [-0.2, 0) is 0 Å². The predicted molar refractivity (Wildman–Crippen MR) is 77.6 cm³/mol. The molecule has 0 unspecified atom stereocenters. The molecule has 2 aromatic heterocycles. The van der Waals surface area contributed by atoms with Crippen molar-refractivity contribution < 1.29 is 0 Å². The van der Waals surface area contributed by atoms with Crippen molar-refractivity contribution in [1.29, 1.82) is 0 Å². The van der Waals surface area contributed by atoms with E-state index in [0.29, 0.717) is 17.9 Å². The molecule has 108 valence electrons. The highest BCUT2D eigenvalue weighted by atomic mass is 15.4. The average Bonchev–Trinajstić information content (AvgIpc) is 2.91. The van der Waals surface area contributed by atoms with Crippen molar-refractivity contribution in [2.24, 2.45) is 0 Å². The van der Waals surface area contributed by atoms with Gasteiger partial charge in [0.2, 0.25) is 11.9 Å². The Kier molecular flexibility index (Phi) is 4.46. The summed E-state index contributed by atoms with van der Waals surface area (Å²) in [6.07, 6.45) is 3.41. The first-order chi connectivity index (χ1) is 9.56. The maximum atomic E-state index is 5.69. The van der Waals surface area contributed by atoms with Crippen LogP contribution in [0.5, 0.6) is 0 Å². The van der Waals surface area contributed by atoms with Gasteiger partial charge < -0.3 is 16.0 Å². The van der Waals surface area contributed by atoms with Gasteiger partial charge in [-0.05, 0) is 27.0 Å². The molecule has 0 saturated heterocycles. The normalized spacial score (nSPS) is 11.2. The second-order valence-electron chi connectivity index (χ2n) is 4.77. The van der Waals surface area contributed by atoms with Crippen LogP contribution in [0, 0.1) is 0 Å². The van der Waals surface area contributed by atoms with Crippen molar-refractivity contribution in [1.82, 2.24) is 29.6 Å². The maximum Gasteiger partial charge on any atom is 0.257 e. The third kappa shape index (κ3) is 3.64. The van der Waals surface area contributed by atoms with Crippen LogP contribution in [0.4, 0.5) is 11.9 Å². The van der Waals surface area contributed by atoms with Gasteiger partial charge in [-0.2, -0.15) is 20.1 Å². The zero-order valence-electron chi connectivity index (χ0n) is 12.0. The highest BCUT2D eigenvalue weighted by molar-refractivity contribution is 5.34. The number of rotatable bonds is 6. The summed E-state index contributed by atoms with van der Waals surface area (Å²) < 4.78 is 1.55. The van der Waals surface area contributed by atoms with E-state index in [2.05, 4.69) is 51.2 Å². The number of nitrogens with zero attached hydrogens (tertiary/aromatic N) is 6. The average molecular weight is 276 g/mol. The Hall–Kier alpha value is -2.22. The van der Waals surface area contributed by atoms with Gasteiger partial charge in [-0.1, -0.05) is 0 Å². The van der Waals surface area contributed by atoms with Crippen LogP contribution in [0.3, 0.4) is 0 Å². The van der Waals surface area contributed by atoms with Crippen LogP contribution >= 0.6 is 0 Å². The number of nitrogens with one attached hydrogen (secondary N) is 1. The van der Waals surface area contributed by atoms with E-state index in [1.807, 2.05) is 0 Å². The van der Waals surface area contributed by atoms with E-state index in [1.165, 1.54) is 0 Å². The van der Waals surface area contributed by atoms with Crippen molar-refractivity contribution in [3.63, 3.8) is 0 Å². The molecule has 0 bridgehead atoms. The van der Waals surface area contributed by atoms with Crippen molar-refractivity contribution in [3.05, 3.63) is 18.5 Å². The van der Waals surface area contributed by atoms with E-state index in [-0.39, 0.29) is 5.95 Å². The van der Waals surface area contributed by atoms with Gasteiger partial charge in [-0.3, -0.25) is 0 Å². The second kappa shape index (κ2) is 6.29. The molecule has 0 fully saturated rings. The summed E-state index contributed by atoms with van der Waals surface area (Å²) in [5, 5.41) is 7.22. The topological polar surface area (TPSA) is 97.8 Å². The molecule has 2 aromatic rings. The minimum atomic E-state index is 0.171. The number of nitrogen functional groups attached to an aromatic ring is 1. The molecule has 0 atom stereocenters. The molecule has 3 N–H and O–H groups in total. The molecule has 0 aliphatic heterocycles. The SMILES string of the molecule is CC(C)N(C)CCNc1nc(N)nc(-n2cccn2)n1. The van der Waals surface area contributed by atoms with Gasteiger partial charge in [0.25, 0.3) is 5.95 Å². The predicted octanol–water partition coefficient (Wildman–Crippen LogP) is 0.392. The first-order valence-electron chi connectivity index (χ1n) is 6.52. The van der Waals surface area contributed by atoms with E-state index in [0.717, 1.165) is 13.1 Å². The number of hydrogen-bond donors (Lipinski definition) is 2. The Morgan fingerprint density at radius 3 is 2.80 bits per heavy atom. The molecule has 0 aromatic carbocycles. The summed E-state index contributed by atoms with van der Waals surface area (Å²) >= 11 is 0. The lowest BCUT2D eigenvalue weighted by atomic mass is 10.3. The van der Waals surface area contributed by atoms with Crippen LogP contribution in [0.25, 0.3) is 5.95 Å². The van der Waals surface area contributed by atoms with E-state index in [1.54, 1.807) is 23.1 Å². The lowest BCUT2D eigenvalue weighted by molar-refractivity contribution is 0.284. The van der Waals surface area contributed by atoms with Crippen molar-refractivity contribution in [2.75, 3.05) is 31.2 Å². The molecule has 0 saturated carbocycles. The molecule has 2 rings (SSSR count). The van der Waals surface area contributed by atoms with Crippen LogP contribution in [0.15, 0.2) is 18.5 Å². The molecule has 0 radical (unpaired) electrons. The minimum Gasteiger partial charge on any atom is -0.368 e. The number of aromatic nitrogens is 5. The Morgan fingerprint density at radius 2 is 2.15 bits per heavy atom. The highest BCUT2D eigenvalue weighted by Gasteiger charge is 2.07. The van der Waals surface area contributed by atoms with Crippen LogP contribution < -0.4 is 11.1 Å². The van der Waals surface area contributed by atoms with Crippen molar-refractivity contribution in [3.8, 4) is 5.95 Å². The second-order valence-corrected chi connectivity index (χ2v) is 4.77. The van der Waals surface area contributed by atoms with Gasteiger partial charge in [0.1, 0.15) is 0 Å². The fraction of sp³-hybridized carbons (Fsp3) is 0.500. The molecular weight excluding hydrogens is 256 g/mol. The monoisotopic (exact) mass is 276 g/mol. The summed E-state index contributed by atoms with van der Waals surface area (Å²) in [5.74, 6) is 1.03. The number of hydrogen-bond acceptors (Lipinski definition) is 7. The summed E-state index contributed by atoms with van der Waals surface area (Å²) in [4.78, 5) is 14.6. The first-order valence-corrected chi connectivity index (χ1v) is 6.52. The summed E-state index contributed by atoms with van der Waals surface area (Å²) in [7, 11) is 2.07. The Balaban J connectivity index is 2.02. The molecule has 8 heteroatoms. The fourth-order valence-corrected chi connectivity index (χ4v) is 1.55. The fourth-order valence-electron chi connectivity index (χ4n) is 1.55. The number of nitrogens with two attached hydrogens (primary N) is 1. The lowest BCUT2D eigenvalue weighted by Crippen LogP contribution is -2.31. The third-order valence-corrected chi connectivity index (χ3v) is 2.98. The zero-order valence-corrected chi connectivity index (χ0v) is 12.0. The summed E-state index contributed by atoms with van der Waals surface area (Å²) in [6, 6.07) is 2.30. The minimum absolute atomic E-state index is 0.171. The standard InChI is InChI=1S/C12H20N8/c1-9(2)19(3)8-6-14-11-16-10(13)17-12(18-11)20-7-4-5-15-20/h4-5,7,9H,6,8H2,1-3H3,(H3,13,14,16,17,18). The number of likely N-dealkylation sites (N-methyl/N-ethyl adjacent to an activating group) is 1. The Morgan fingerprint density at radius 1 is 1.35 bits per heavy atom. The molecule has 0 aliphatic rings. The van der Waals surface area contributed by atoms with E-state index < -0.39 is 0 Å². The molecule has 0 spiro atoms. The molecule has 0 amide bonds. The molecule has 8 nitrogen and oxygen atoms in total. The first kappa shape index (κ1) is 14.2. The molecule has 20 heavy (non-hydrogen) atoms. The lowest BCUT2D eigenvalue weighted by Gasteiger charge is -2.20. The van der Waals surface area contributed by atoms with Gasteiger partial charge >= 0.3 is 0 Å². The van der Waals surface area contributed by atoms with E-state index >= 15 is 0 Å². The molecular formula is C12H20N8. The number of anilines is 2. The van der Waals surface area contributed by atoms with Gasteiger partial charge in [-0.25, -0.2) is 4.68 Å². The smallest absolute Gasteiger partial charge is 0.257 e. The Bertz CT molecular complexity index is 536. The summed E-state index contributed by atoms with van der Waals surface area (Å²) in [6.45, 7) is 5.92. The van der Waals surface area contributed by atoms with Gasteiger partial charge in [0, 0.05) is 31.5 Å². The van der Waals surface area contributed by atoms with Crippen molar-refractivity contribution in [2.45, 2.75) is 19.9 Å². The van der Waals surface area contributed by atoms with Crippen molar-refractivity contribution >= 4 is 11.9 Å². The Labute approximate surface area is 118 Å². The van der Waals surface area contributed by atoms with Gasteiger partial charge in [0.15, 0.2) is 0 Å². The molecule has 0 aliphatic carbocycles. The van der Waals surface area contributed by atoms with Crippen LogP contribution in [0.1, 0.15) is 13.8 Å². The van der Waals surface area contributed by atoms with Gasteiger partial charge in [0.05, 0.1) is 0 Å². The largest absolute Gasteiger partial charge is 0.368 e. The third-order valence-electron chi connectivity index (χ3n) is 2.98. The van der Waals surface area contributed by atoms with Crippen LogP contribution in [-0.4, -0.2) is 55.8 Å². The zero-order chi connectivity index (χ0) is 14.5. The summed E-state index contributed by atoms with van der Waals surface area (Å²) in [5.41, 5.74) is 5.69. The highest BCUT2D eigenvalue weighted by Crippen LogP contribution is 2.06. The maximum absolute atomic E-state index is 5.69.